The second-order valence-electron chi connectivity index (χ2n) is 11.8. The predicted molar refractivity (Wildman–Crippen MR) is 194 cm³/mol. The average Bonchev–Trinajstić information content (AvgIpc) is 3.12. The van der Waals surface area contributed by atoms with Gasteiger partial charge in [-0.3, -0.25) is 9.59 Å². The number of aliphatic hydroxyl groups excluding tert-OH is 2. The minimum Gasteiger partial charge on any atom is -0.383 e. The Labute approximate surface area is 309 Å². The predicted octanol–water partition coefficient (Wildman–Crippen LogP) is 1.67. The van der Waals surface area contributed by atoms with Crippen molar-refractivity contribution in [1.29, 1.82) is 0 Å². The van der Waals surface area contributed by atoms with E-state index in [4.69, 9.17) is 51.6 Å². The first-order valence-electron chi connectivity index (χ1n) is 17.0. The second-order valence-corrected chi connectivity index (χ2v) is 12.6. The number of amides is 2. The number of rotatable bonds is 26. The van der Waals surface area contributed by atoms with Crippen LogP contribution < -0.4 is 16.0 Å². The van der Waals surface area contributed by atoms with Gasteiger partial charge >= 0.3 is 0 Å². The molecule has 0 radical (unpaired) electrons. The van der Waals surface area contributed by atoms with Crippen molar-refractivity contribution < 1.29 is 48.2 Å². The highest BCUT2D eigenvalue weighted by Gasteiger charge is 2.30. The topological polar surface area (TPSA) is 169 Å². The van der Waals surface area contributed by atoms with Crippen LogP contribution in [-0.4, -0.2) is 152 Å². The number of benzene rings is 2. The molecular weight excluding hydrogens is 707 g/mol. The van der Waals surface area contributed by atoms with Gasteiger partial charge in [-0.05, 0) is 48.0 Å². The molecule has 1 aliphatic heterocycles. The quantitative estimate of drug-likeness (QED) is 0.0882. The maximum atomic E-state index is 12.1. The summed E-state index contributed by atoms with van der Waals surface area (Å²) < 4.78 is 32.0. The molecule has 14 nitrogen and oxygen atoms in total. The molecule has 2 amide bonds. The van der Waals surface area contributed by atoms with Gasteiger partial charge in [0.25, 0.3) is 11.8 Å². The average molecular weight is 760 g/mol. The van der Waals surface area contributed by atoms with Crippen LogP contribution in [0.2, 0.25) is 10.0 Å². The smallest absolute Gasteiger partial charge is 0.252 e. The zero-order valence-corrected chi connectivity index (χ0v) is 30.9. The Morgan fingerprint density at radius 1 is 0.784 bits per heavy atom. The zero-order valence-electron chi connectivity index (χ0n) is 29.4. The van der Waals surface area contributed by atoms with Gasteiger partial charge in [0.1, 0.15) is 0 Å². The van der Waals surface area contributed by atoms with E-state index in [2.05, 4.69) is 40.0 Å². The van der Waals surface area contributed by atoms with E-state index in [0.29, 0.717) is 76.1 Å². The van der Waals surface area contributed by atoms with Gasteiger partial charge in [-0.2, -0.15) is 0 Å². The van der Waals surface area contributed by atoms with Gasteiger partial charge in [-0.15, -0.1) is 0 Å². The summed E-state index contributed by atoms with van der Waals surface area (Å²) in [6, 6.07) is 12.2. The Hall–Kier alpha value is -2.60. The molecule has 16 heteroatoms. The molecule has 2 aromatic rings. The van der Waals surface area contributed by atoms with Crippen molar-refractivity contribution in [2.24, 2.45) is 0 Å². The summed E-state index contributed by atoms with van der Waals surface area (Å²) in [7, 11) is 3.68. The molecule has 5 N–H and O–H groups in total. The second kappa shape index (κ2) is 24.6. The van der Waals surface area contributed by atoms with Crippen LogP contribution >= 0.6 is 23.2 Å². The van der Waals surface area contributed by atoms with Crippen LogP contribution in [0.15, 0.2) is 36.4 Å². The van der Waals surface area contributed by atoms with E-state index < -0.39 is 24.0 Å². The van der Waals surface area contributed by atoms with Gasteiger partial charge < -0.3 is 59.5 Å². The summed E-state index contributed by atoms with van der Waals surface area (Å²) in [4.78, 5) is 26.3. The van der Waals surface area contributed by atoms with Crippen LogP contribution in [0.3, 0.4) is 0 Å². The maximum absolute atomic E-state index is 12.1. The number of aliphatic hydroxyl groups is 2. The van der Waals surface area contributed by atoms with E-state index in [1.807, 2.05) is 18.2 Å². The van der Waals surface area contributed by atoms with Gasteiger partial charge in [0.15, 0.2) is 12.2 Å². The Kier molecular flexibility index (Phi) is 20.7. The molecule has 3 unspecified atom stereocenters. The highest BCUT2D eigenvalue weighted by Crippen LogP contribution is 2.38. The highest BCUT2D eigenvalue weighted by molar-refractivity contribution is 6.35. The number of carbonyl (C=O) groups is 2. The molecule has 0 aromatic heterocycles. The lowest BCUT2D eigenvalue weighted by Gasteiger charge is -2.33. The summed E-state index contributed by atoms with van der Waals surface area (Å²) in [5.74, 6) is -1.61. The normalized spacial score (nSPS) is 15.6. The van der Waals surface area contributed by atoms with Crippen LogP contribution in [0, 0.1) is 0 Å². The lowest BCUT2D eigenvalue weighted by atomic mass is 9.84. The van der Waals surface area contributed by atoms with Crippen molar-refractivity contribution in [1.82, 2.24) is 15.5 Å². The molecule has 0 saturated heterocycles. The number of methoxy groups -OCH3 is 1. The molecule has 0 saturated carbocycles. The summed E-state index contributed by atoms with van der Waals surface area (Å²) >= 11 is 12.9. The monoisotopic (exact) mass is 758 g/mol. The molecular formula is C35H52Cl2N4O10. The summed E-state index contributed by atoms with van der Waals surface area (Å²) in [5, 5.41) is 29.5. The number of halogens is 2. The summed E-state index contributed by atoms with van der Waals surface area (Å²) in [5.41, 5.74) is 4.49. The number of anilines is 1. The highest BCUT2D eigenvalue weighted by atomic mass is 35.5. The first-order chi connectivity index (χ1) is 24.7. The molecule has 2 aromatic carbocycles. The van der Waals surface area contributed by atoms with Gasteiger partial charge in [-0.1, -0.05) is 35.3 Å². The Balaban J connectivity index is 1.17. The third-order valence-electron chi connectivity index (χ3n) is 7.83. The molecule has 0 bridgehead atoms. The largest absolute Gasteiger partial charge is 0.383 e. The fourth-order valence-electron chi connectivity index (χ4n) is 5.26. The van der Waals surface area contributed by atoms with Crippen molar-refractivity contribution in [2.75, 3.05) is 118 Å². The van der Waals surface area contributed by atoms with Crippen molar-refractivity contribution in [3.05, 3.63) is 63.1 Å². The van der Waals surface area contributed by atoms with E-state index in [-0.39, 0.29) is 32.2 Å². The number of ether oxygens (including phenoxy) is 6. The minimum atomic E-state index is -1.93. The van der Waals surface area contributed by atoms with E-state index >= 15 is 0 Å². The number of fused-ring (bicyclic) bond motifs is 1. The molecule has 0 spiro atoms. The van der Waals surface area contributed by atoms with Gasteiger partial charge in [0, 0.05) is 61.5 Å². The molecule has 286 valence electrons. The molecule has 0 aliphatic carbocycles. The Bertz CT molecular complexity index is 1330. The minimum absolute atomic E-state index is 0.0806. The molecule has 3 rings (SSSR count). The van der Waals surface area contributed by atoms with Crippen LogP contribution in [0.25, 0.3) is 0 Å². The number of hydrogen-bond acceptors (Lipinski definition) is 12. The summed E-state index contributed by atoms with van der Waals surface area (Å²) in [6.45, 7) is 6.44. The van der Waals surface area contributed by atoms with Gasteiger partial charge in [-0.25, -0.2) is 0 Å². The van der Waals surface area contributed by atoms with E-state index in [9.17, 15) is 19.8 Å². The number of nitrogens with one attached hydrogen (secondary N) is 3. The Morgan fingerprint density at radius 3 is 1.88 bits per heavy atom. The van der Waals surface area contributed by atoms with Crippen molar-refractivity contribution in [3.8, 4) is 0 Å². The SMILES string of the molecule is COCCOCCOCCNC(=O)C(O)C(O)C(=O)NCCOCCOCCOCCNc1cccc(C2CN(C)Cc3c(Cl)cc(Cl)cc32)c1. The molecule has 0 fully saturated rings. The van der Waals surface area contributed by atoms with Crippen molar-refractivity contribution in [3.63, 3.8) is 0 Å². The molecule has 51 heavy (non-hydrogen) atoms. The van der Waals surface area contributed by atoms with Gasteiger partial charge in [0.2, 0.25) is 0 Å². The number of nitrogens with zero attached hydrogens (tertiary/aromatic N) is 1. The van der Waals surface area contributed by atoms with Crippen LogP contribution in [0.5, 0.6) is 0 Å². The lowest BCUT2D eigenvalue weighted by molar-refractivity contribution is -0.146. The fourth-order valence-corrected chi connectivity index (χ4v) is 5.83. The first kappa shape index (κ1) is 42.8. The lowest BCUT2D eigenvalue weighted by Crippen LogP contribution is -2.50. The third-order valence-corrected chi connectivity index (χ3v) is 8.39. The van der Waals surface area contributed by atoms with Gasteiger partial charge in [0.05, 0.1) is 72.7 Å². The number of hydrogen-bond donors (Lipinski definition) is 5. The zero-order chi connectivity index (χ0) is 36.8. The maximum Gasteiger partial charge on any atom is 0.252 e. The van der Waals surface area contributed by atoms with Crippen LogP contribution in [0.4, 0.5) is 5.69 Å². The number of carbonyl (C=O) groups excluding carboxylic acids is 2. The Morgan fingerprint density at radius 2 is 1.31 bits per heavy atom. The van der Waals surface area contributed by atoms with E-state index in [1.54, 1.807) is 13.2 Å². The number of likely N-dealkylation sites (N-methyl/N-ethyl adjacent to an activating group) is 1. The van der Waals surface area contributed by atoms with Crippen molar-refractivity contribution in [2.45, 2.75) is 24.7 Å². The van der Waals surface area contributed by atoms with E-state index in [1.165, 1.54) is 11.1 Å². The first-order valence-corrected chi connectivity index (χ1v) is 17.8. The molecule has 3 atom stereocenters. The molecule has 1 heterocycles. The van der Waals surface area contributed by atoms with Crippen molar-refractivity contribution >= 4 is 40.7 Å². The fraction of sp³-hybridized carbons (Fsp3) is 0.600. The van der Waals surface area contributed by atoms with E-state index in [0.717, 1.165) is 24.3 Å². The molecule has 1 aliphatic rings. The standard InChI is InChI=1S/C35H52Cl2N4O10/c1-41-23-29(28-21-26(36)22-31(37)30(28)24-41)25-4-3-5-27(20-25)38-6-9-47-15-18-51-19-16-49-11-8-40-35(45)33(43)32(42)34(44)39-7-10-48-14-17-50-13-12-46-2/h3-5,20-22,29,32-33,38,42-43H,6-19,23-24H2,1-2H3,(H,39,44)(H,40,45). The third kappa shape index (κ3) is 15.9. The van der Waals surface area contributed by atoms with Crippen LogP contribution in [-0.2, 0) is 44.6 Å². The van der Waals surface area contributed by atoms with Crippen LogP contribution in [0.1, 0.15) is 22.6 Å². The summed E-state index contributed by atoms with van der Waals surface area (Å²) in [6.07, 6.45) is -3.85.